The molecule has 0 aliphatic carbocycles. The van der Waals surface area contributed by atoms with Gasteiger partial charge in [-0.25, -0.2) is 0 Å². The van der Waals surface area contributed by atoms with Gasteiger partial charge in [-0.1, -0.05) is 30.7 Å². The predicted molar refractivity (Wildman–Crippen MR) is 102 cm³/mol. The second kappa shape index (κ2) is 8.34. The predicted octanol–water partition coefficient (Wildman–Crippen LogP) is 3.94. The van der Waals surface area contributed by atoms with Crippen LogP contribution in [0.1, 0.15) is 35.8 Å². The summed E-state index contributed by atoms with van der Waals surface area (Å²) >= 11 is 5.98. The summed E-state index contributed by atoms with van der Waals surface area (Å²) in [4.78, 5) is 18.9. The lowest BCUT2D eigenvalue weighted by Crippen LogP contribution is -2.33. The van der Waals surface area contributed by atoms with Crippen LogP contribution < -0.4 is 10.2 Å². The van der Waals surface area contributed by atoms with Crippen molar-refractivity contribution in [3.05, 3.63) is 58.9 Å². The number of carbonyl (C=O) groups excluding carboxylic acids is 1. The summed E-state index contributed by atoms with van der Waals surface area (Å²) in [5, 5.41) is 3.66. The highest BCUT2D eigenvalue weighted by Crippen LogP contribution is 2.23. The molecular weight excluding hydrogens is 334 g/mol. The van der Waals surface area contributed by atoms with E-state index in [0.29, 0.717) is 17.3 Å². The molecule has 0 spiro atoms. The fraction of sp³-hybridized carbons (Fsp3) is 0.400. The largest absolute Gasteiger partial charge is 0.371 e. The van der Waals surface area contributed by atoms with Gasteiger partial charge in [-0.2, -0.15) is 0 Å². The van der Waals surface area contributed by atoms with Crippen molar-refractivity contribution in [3.8, 4) is 0 Å². The lowest BCUT2D eigenvalue weighted by atomic mass is 9.99. The van der Waals surface area contributed by atoms with Crippen molar-refractivity contribution in [2.45, 2.75) is 26.2 Å². The lowest BCUT2D eigenvalue weighted by Gasteiger charge is -2.32. The third-order valence-corrected chi connectivity index (χ3v) is 4.95. The van der Waals surface area contributed by atoms with Gasteiger partial charge in [-0.05, 0) is 55.0 Å². The Hall–Kier alpha value is -2.07. The van der Waals surface area contributed by atoms with Gasteiger partial charge in [-0.3, -0.25) is 9.78 Å². The highest BCUT2D eigenvalue weighted by atomic mass is 35.5. The van der Waals surface area contributed by atoms with Crippen LogP contribution in [0.3, 0.4) is 0 Å². The van der Waals surface area contributed by atoms with Crippen LogP contribution in [0, 0.1) is 5.92 Å². The Bertz CT molecular complexity index is 726. The third-order valence-electron chi connectivity index (χ3n) is 4.71. The molecule has 2 heterocycles. The maximum atomic E-state index is 12.4. The number of piperidine rings is 1. The molecule has 1 aromatic heterocycles. The van der Waals surface area contributed by atoms with Crippen LogP contribution in [0.15, 0.2) is 42.6 Å². The Kier molecular flexibility index (Phi) is 5.92. The summed E-state index contributed by atoms with van der Waals surface area (Å²) in [5.41, 5.74) is 2.67. The summed E-state index contributed by atoms with van der Waals surface area (Å²) in [6, 6.07) is 11.6. The first-order chi connectivity index (χ1) is 12.1. The van der Waals surface area contributed by atoms with E-state index < -0.39 is 0 Å². The van der Waals surface area contributed by atoms with Crippen molar-refractivity contribution in [2.24, 2.45) is 5.92 Å². The number of hydrogen-bond acceptors (Lipinski definition) is 3. The minimum absolute atomic E-state index is 0.130. The number of benzene rings is 1. The zero-order valence-corrected chi connectivity index (χ0v) is 15.3. The standard InChI is InChI=1S/C20H24ClN3O/c1-15-7-11-24(12-8-15)18-6-10-22-19(14-18)20(25)23-9-5-16-3-2-4-17(21)13-16/h2-4,6,10,13-15H,5,7-9,11-12H2,1H3,(H,23,25). The van der Waals surface area contributed by atoms with E-state index in [2.05, 4.69) is 22.1 Å². The van der Waals surface area contributed by atoms with Crippen LogP contribution >= 0.6 is 11.6 Å². The smallest absolute Gasteiger partial charge is 0.269 e. The second-order valence-electron chi connectivity index (χ2n) is 6.70. The van der Waals surface area contributed by atoms with Crippen LogP contribution in [0.2, 0.25) is 5.02 Å². The molecule has 2 aromatic rings. The van der Waals surface area contributed by atoms with Gasteiger partial charge < -0.3 is 10.2 Å². The molecule has 0 radical (unpaired) electrons. The van der Waals surface area contributed by atoms with E-state index >= 15 is 0 Å². The minimum atomic E-state index is -0.130. The fourth-order valence-electron chi connectivity index (χ4n) is 3.11. The maximum absolute atomic E-state index is 12.4. The van der Waals surface area contributed by atoms with Gasteiger partial charge in [-0.15, -0.1) is 0 Å². The van der Waals surface area contributed by atoms with E-state index in [1.165, 1.54) is 12.8 Å². The second-order valence-corrected chi connectivity index (χ2v) is 7.14. The third kappa shape index (κ3) is 4.95. The SMILES string of the molecule is CC1CCN(c2ccnc(C(=O)NCCc3cccc(Cl)c3)c2)CC1. The zero-order valence-electron chi connectivity index (χ0n) is 14.5. The van der Waals surface area contributed by atoms with Gasteiger partial charge in [0.05, 0.1) is 0 Å². The summed E-state index contributed by atoms with van der Waals surface area (Å²) in [5.74, 6) is 0.654. The normalized spacial score (nSPS) is 15.2. The quantitative estimate of drug-likeness (QED) is 0.881. The molecular formula is C20H24ClN3O. The number of pyridine rings is 1. The van der Waals surface area contributed by atoms with Crippen LogP contribution in [0.25, 0.3) is 0 Å². The van der Waals surface area contributed by atoms with Gasteiger partial charge in [0.2, 0.25) is 0 Å². The fourth-order valence-corrected chi connectivity index (χ4v) is 3.32. The first-order valence-corrected chi connectivity index (χ1v) is 9.23. The summed E-state index contributed by atoms with van der Waals surface area (Å²) in [6.45, 7) is 4.94. The van der Waals surface area contributed by atoms with Gasteiger partial charge in [0.15, 0.2) is 0 Å². The Morgan fingerprint density at radius 3 is 2.84 bits per heavy atom. The van der Waals surface area contributed by atoms with Crippen LogP contribution in [0.5, 0.6) is 0 Å². The van der Waals surface area contributed by atoms with Crippen molar-refractivity contribution in [1.82, 2.24) is 10.3 Å². The first-order valence-electron chi connectivity index (χ1n) is 8.85. The molecule has 5 heteroatoms. The Labute approximate surface area is 154 Å². The first kappa shape index (κ1) is 17.7. The van der Waals surface area contributed by atoms with E-state index in [-0.39, 0.29) is 5.91 Å². The molecule has 1 aliphatic rings. The number of nitrogens with one attached hydrogen (secondary N) is 1. The van der Waals surface area contributed by atoms with Crippen LogP contribution in [0.4, 0.5) is 5.69 Å². The molecule has 4 nitrogen and oxygen atoms in total. The van der Waals surface area contributed by atoms with E-state index in [1.54, 1.807) is 6.20 Å². The lowest BCUT2D eigenvalue weighted by molar-refractivity contribution is 0.0949. The molecule has 0 unspecified atom stereocenters. The van der Waals surface area contributed by atoms with Crippen molar-refractivity contribution in [3.63, 3.8) is 0 Å². The van der Waals surface area contributed by atoms with Crippen molar-refractivity contribution in [2.75, 3.05) is 24.5 Å². The molecule has 3 rings (SSSR count). The number of rotatable bonds is 5. The molecule has 1 aliphatic heterocycles. The van der Waals surface area contributed by atoms with E-state index in [0.717, 1.165) is 36.7 Å². The van der Waals surface area contributed by atoms with E-state index in [4.69, 9.17) is 11.6 Å². The number of amides is 1. The van der Waals surface area contributed by atoms with Gasteiger partial charge in [0.1, 0.15) is 5.69 Å². The van der Waals surface area contributed by atoms with Gasteiger partial charge in [0, 0.05) is 36.5 Å². The Balaban J connectivity index is 1.56. The van der Waals surface area contributed by atoms with Gasteiger partial charge in [0.25, 0.3) is 5.91 Å². The molecule has 25 heavy (non-hydrogen) atoms. The van der Waals surface area contributed by atoms with Crippen LogP contribution in [-0.4, -0.2) is 30.5 Å². The highest BCUT2D eigenvalue weighted by molar-refractivity contribution is 6.30. The number of aromatic nitrogens is 1. The number of hydrogen-bond donors (Lipinski definition) is 1. The zero-order chi connectivity index (χ0) is 17.6. The average molecular weight is 358 g/mol. The number of anilines is 1. The molecule has 0 atom stereocenters. The Morgan fingerprint density at radius 2 is 2.08 bits per heavy atom. The summed E-state index contributed by atoms with van der Waals surface area (Å²) in [6.07, 6.45) is 4.86. The topological polar surface area (TPSA) is 45.2 Å². The molecule has 1 N–H and O–H groups in total. The molecule has 1 saturated heterocycles. The molecule has 0 bridgehead atoms. The average Bonchev–Trinajstić information content (AvgIpc) is 2.62. The van der Waals surface area contributed by atoms with Crippen molar-refractivity contribution in [1.29, 1.82) is 0 Å². The van der Waals surface area contributed by atoms with Crippen LogP contribution in [-0.2, 0) is 6.42 Å². The number of nitrogens with zero attached hydrogens (tertiary/aromatic N) is 2. The number of carbonyl (C=O) groups is 1. The monoisotopic (exact) mass is 357 g/mol. The van der Waals surface area contributed by atoms with E-state index in [1.807, 2.05) is 36.4 Å². The molecule has 1 fully saturated rings. The number of halogens is 1. The maximum Gasteiger partial charge on any atom is 0.269 e. The van der Waals surface area contributed by atoms with Crippen molar-refractivity contribution >= 4 is 23.2 Å². The molecule has 132 valence electrons. The highest BCUT2D eigenvalue weighted by Gasteiger charge is 2.17. The summed E-state index contributed by atoms with van der Waals surface area (Å²) < 4.78 is 0. The molecule has 0 saturated carbocycles. The van der Waals surface area contributed by atoms with E-state index in [9.17, 15) is 4.79 Å². The molecule has 1 aromatic carbocycles. The Morgan fingerprint density at radius 1 is 1.28 bits per heavy atom. The minimum Gasteiger partial charge on any atom is -0.371 e. The van der Waals surface area contributed by atoms with Crippen molar-refractivity contribution < 1.29 is 4.79 Å². The summed E-state index contributed by atoms with van der Waals surface area (Å²) in [7, 11) is 0. The van der Waals surface area contributed by atoms with Gasteiger partial charge >= 0.3 is 0 Å². The molecule has 1 amide bonds.